The molecule has 3 N–H and O–H groups in total. The van der Waals surface area contributed by atoms with Crippen molar-refractivity contribution in [3.8, 4) is 11.1 Å². The maximum Gasteiger partial charge on any atom is 0.255 e. The molecule has 4 aromatic rings. The number of nitrogens with two attached hydrogens (primary N) is 1. The minimum absolute atomic E-state index is 0.0624. The molecule has 0 spiro atoms. The first-order chi connectivity index (χ1) is 18.1. The SMILES string of the molecule is NC(c1ccc(C(=O)Nc2ccncc2)cc1)C1CCCN1C(=O)Cc1ccc(-c2ccccc2)cc1. The average Bonchev–Trinajstić information content (AvgIpc) is 3.44. The van der Waals surface area contributed by atoms with Crippen LogP contribution in [0.1, 0.15) is 40.4 Å². The lowest BCUT2D eigenvalue weighted by Gasteiger charge is -2.30. The van der Waals surface area contributed by atoms with Crippen molar-refractivity contribution in [2.24, 2.45) is 5.73 Å². The van der Waals surface area contributed by atoms with Crippen LogP contribution in [0.2, 0.25) is 0 Å². The van der Waals surface area contributed by atoms with Gasteiger partial charge in [0.15, 0.2) is 0 Å². The van der Waals surface area contributed by atoms with Gasteiger partial charge in [0, 0.05) is 30.2 Å². The fraction of sp³-hybridized carbons (Fsp3) is 0.194. The Morgan fingerprint density at radius 2 is 1.57 bits per heavy atom. The number of carbonyl (C=O) groups excluding carboxylic acids is 2. The summed E-state index contributed by atoms with van der Waals surface area (Å²) in [7, 11) is 0. The van der Waals surface area contributed by atoms with Crippen LogP contribution in [0, 0.1) is 0 Å². The molecule has 0 radical (unpaired) electrons. The second-order valence-electron chi connectivity index (χ2n) is 9.37. The molecule has 37 heavy (non-hydrogen) atoms. The lowest BCUT2D eigenvalue weighted by atomic mass is 9.96. The van der Waals surface area contributed by atoms with E-state index in [2.05, 4.69) is 34.6 Å². The smallest absolute Gasteiger partial charge is 0.255 e. The van der Waals surface area contributed by atoms with Gasteiger partial charge in [-0.3, -0.25) is 14.6 Å². The summed E-state index contributed by atoms with van der Waals surface area (Å²) in [6.45, 7) is 0.714. The first-order valence-electron chi connectivity index (χ1n) is 12.6. The predicted molar refractivity (Wildman–Crippen MR) is 146 cm³/mol. The summed E-state index contributed by atoms with van der Waals surface area (Å²) in [4.78, 5) is 31.7. The van der Waals surface area contributed by atoms with Crippen LogP contribution in [0.15, 0.2) is 103 Å². The van der Waals surface area contributed by atoms with Crippen molar-refractivity contribution in [3.05, 3.63) is 120 Å². The van der Waals surface area contributed by atoms with E-state index < -0.39 is 0 Å². The van der Waals surface area contributed by atoms with E-state index in [1.807, 2.05) is 47.4 Å². The van der Waals surface area contributed by atoms with Crippen molar-refractivity contribution in [1.29, 1.82) is 0 Å². The highest BCUT2D eigenvalue weighted by atomic mass is 16.2. The second kappa shape index (κ2) is 11.2. The Balaban J connectivity index is 1.22. The van der Waals surface area contributed by atoms with Gasteiger partial charge in [-0.05, 0) is 59.4 Å². The fourth-order valence-corrected chi connectivity index (χ4v) is 4.91. The van der Waals surface area contributed by atoms with Crippen LogP contribution in [0.4, 0.5) is 5.69 Å². The summed E-state index contributed by atoms with van der Waals surface area (Å²) in [6, 6.07) is 28.8. The molecule has 2 unspecified atom stereocenters. The number of nitrogens with one attached hydrogen (secondary N) is 1. The molecule has 0 bridgehead atoms. The van der Waals surface area contributed by atoms with E-state index >= 15 is 0 Å². The number of amides is 2. The highest BCUT2D eigenvalue weighted by molar-refractivity contribution is 6.04. The van der Waals surface area contributed by atoms with Crippen LogP contribution in [-0.4, -0.2) is 34.3 Å². The minimum atomic E-state index is -0.316. The van der Waals surface area contributed by atoms with Crippen molar-refractivity contribution in [3.63, 3.8) is 0 Å². The molecule has 2 atom stereocenters. The molecule has 1 aliphatic heterocycles. The topological polar surface area (TPSA) is 88.3 Å². The van der Waals surface area contributed by atoms with Crippen molar-refractivity contribution in [1.82, 2.24) is 9.88 Å². The molecule has 1 aliphatic rings. The van der Waals surface area contributed by atoms with Crippen molar-refractivity contribution in [2.75, 3.05) is 11.9 Å². The summed E-state index contributed by atoms with van der Waals surface area (Å²) >= 11 is 0. The number of pyridine rings is 1. The average molecular weight is 491 g/mol. The van der Waals surface area contributed by atoms with Crippen molar-refractivity contribution in [2.45, 2.75) is 31.3 Å². The summed E-state index contributed by atoms with van der Waals surface area (Å²) in [6.07, 6.45) is 5.41. The molecule has 1 fully saturated rings. The number of benzene rings is 3. The Labute approximate surface area is 217 Å². The van der Waals surface area contributed by atoms with E-state index in [0.717, 1.165) is 35.1 Å². The van der Waals surface area contributed by atoms with Gasteiger partial charge in [0.1, 0.15) is 0 Å². The monoisotopic (exact) mass is 490 g/mol. The largest absolute Gasteiger partial charge is 0.338 e. The zero-order chi connectivity index (χ0) is 25.6. The Morgan fingerprint density at radius 3 is 2.27 bits per heavy atom. The number of hydrogen-bond acceptors (Lipinski definition) is 4. The lowest BCUT2D eigenvalue weighted by Crippen LogP contribution is -2.42. The quantitative estimate of drug-likeness (QED) is 0.371. The van der Waals surface area contributed by atoms with Crippen LogP contribution in [0.25, 0.3) is 11.1 Å². The molecule has 1 aromatic heterocycles. The molecule has 0 aliphatic carbocycles. The van der Waals surface area contributed by atoms with Gasteiger partial charge in [0.25, 0.3) is 5.91 Å². The first-order valence-corrected chi connectivity index (χ1v) is 12.6. The third-order valence-corrected chi connectivity index (χ3v) is 6.95. The predicted octanol–water partition coefficient (Wildman–Crippen LogP) is 5.23. The van der Waals surface area contributed by atoms with Crippen LogP contribution < -0.4 is 11.1 Å². The Hall–Kier alpha value is -4.29. The number of hydrogen-bond donors (Lipinski definition) is 2. The Morgan fingerprint density at radius 1 is 0.892 bits per heavy atom. The Bertz CT molecular complexity index is 1340. The summed E-state index contributed by atoms with van der Waals surface area (Å²) in [5.74, 6) is -0.0963. The van der Waals surface area contributed by atoms with Gasteiger partial charge in [0.2, 0.25) is 5.91 Å². The number of likely N-dealkylation sites (tertiary alicyclic amines) is 1. The molecule has 1 saturated heterocycles. The first kappa shape index (κ1) is 24.4. The molecule has 2 heterocycles. The van der Waals surface area contributed by atoms with Gasteiger partial charge in [-0.15, -0.1) is 0 Å². The van der Waals surface area contributed by atoms with E-state index in [1.54, 1.807) is 36.7 Å². The highest BCUT2D eigenvalue weighted by Gasteiger charge is 2.33. The van der Waals surface area contributed by atoms with Crippen molar-refractivity contribution >= 4 is 17.5 Å². The number of rotatable bonds is 7. The Kier molecular flexibility index (Phi) is 7.38. The maximum atomic E-state index is 13.2. The molecular formula is C31H30N4O2. The van der Waals surface area contributed by atoms with Gasteiger partial charge in [0.05, 0.1) is 18.5 Å². The van der Waals surface area contributed by atoms with E-state index in [1.165, 1.54) is 0 Å². The third kappa shape index (κ3) is 5.76. The van der Waals surface area contributed by atoms with E-state index in [0.29, 0.717) is 24.2 Å². The van der Waals surface area contributed by atoms with E-state index in [9.17, 15) is 9.59 Å². The molecule has 0 saturated carbocycles. The maximum absolute atomic E-state index is 13.2. The number of nitrogens with zero attached hydrogens (tertiary/aromatic N) is 2. The minimum Gasteiger partial charge on any atom is -0.338 e. The number of aromatic nitrogens is 1. The van der Waals surface area contributed by atoms with Gasteiger partial charge in [-0.1, -0.05) is 66.7 Å². The summed E-state index contributed by atoms with van der Waals surface area (Å²) in [5.41, 5.74) is 12.1. The zero-order valence-corrected chi connectivity index (χ0v) is 20.6. The molecule has 6 nitrogen and oxygen atoms in total. The molecule has 3 aromatic carbocycles. The summed E-state index contributed by atoms with van der Waals surface area (Å²) in [5, 5.41) is 2.86. The molecule has 2 amide bonds. The number of carbonyl (C=O) groups is 2. The second-order valence-corrected chi connectivity index (χ2v) is 9.37. The van der Waals surface area contributed by atoms with Crippen LogP contribution >= 0.6 is 0 Å². The molecule has 186 valence electrons. The zero-order valence-electron chi connectivity index (χ0n) is 20.6. The van der Waals surface area contributed by atoms with Crippen LogP contribution in [-0.2, 0) is 11.2 Å². The standard InChI is InChI=1S/C31H30N4O2/c32-30(25-12-14-26(15-13-25)31(37)34-27-16-18-33-19-17-27)28-7-4-20-35(28)29(36)21-22-8-10-24(11-9-22)23-5-2-1-3-6-23/h1-3,5-6,8-19,28,30H,4,7,20-21,32H2,(H,33,34,37). The molecular weight excluding hydrogens is 460 g/mol. The third-order valence-electron chi connectivity index (χ3n) is 6.95. The molecule has 5 rings (SSSR count). The highest BCUT2D eigenvalue weighted by Crippen LogP contribution is 2.29. The van der Waals surface area contributed by atoms with Gasteiger partial charge >= 0.3 is 0 Å². The normalized spacial score (nSPS) is 15.8. The fourth-order valence-electron chi connectivity index (χ4n) is 4.91. The van der Waals surface area contributed by atoms with Gasteiger partial charge < -0.3 is 16.0 Å². The summed E-state index contributed by atoms with van der Waals surface area (Å²) < 4.78 is 0. The van der Waals surface area contributed by atoms with E-state index in [4.69, 9.17) is 5.73 Å². The van der Waals surface area contributed by atoms with Crippen LogP contribution in [0.5, 0.6) is 0 Å². The lowest BCUT2D eigenvalue weighted by molar-refractivity contribution is -0.131. The van der Waals surface area contributed by atoms with Gasteiger partial charge in [-0.25, -0.2) is 0 Å². The van der Waals surface area contributed by atoms with Crippen molar-refractivity contribution < 1.29 is 9.59 Å². The number of anilines is 1. The van der Waals surface area contributed by atoms with Gasteiger partial charge in [-0.2, -0.15) is 0 Å². The van der Waals surface area contributed by atoms with E-state index in [-0.39, 0.29) is 23.9 Å². The van der Waals surface area contributed by atoms with Crippen LogP contribution in [0.3, 0.4) is 0 Å². The molecule has 6 heteroatoms.